The quantitative estimate of drug-likeness (QED) is 0.423. The van der Waals surface area contributed by atoms with Gasteiger partial charge in [-0.1, -0.05) is 45.0 Å². The van der Waals surface area contributed by atoms with E-state index in [2.05, 4.69) is 36.9 Å². The van der Waals surface area contributed by atoms with Crippen molar-refractivity contribution >= 4 is 23.4 Å². The van der Waals surface area contributed by atoms with Crippen LogP contribution in [-0.2, 0) is 10.2 Å². The molecule has 1 atom stereocenters. The second kappa shape index (κ2) is 11.1. The van der Waals surface area contributed by atoms with E-state index >= 15 is 0 Å². The molecule has 0 aliphatic carbocycles. The molecular weight excluding hydrogens is 454 g/mol. The molecule has 0 aliphatic rings. The molecule has 3 rings (SSSR count). The average Bonchev–Trinajstić information content (AvgIpc) is 2.84. The number of amides is 3. The van der Waals surface area contributed by atoms with Crippen LogP contribution >= 0.6 is 0 Å². The fraction of sp³-hybridized carbons (Fsp3) is 0.276. The Morgan fingerprint density at radius 1 is 0.778 bits per heavy atom. The molecule has 0 aromatic heterocycles. The minimum Gasteiger partial charge on any atom is -0.481 e. The predicted molar refractivity (Wildman–Crippen MR) is 141 cm³/mol. The average molecular weight is 488 g/mol. The lowest BCUT2D eigenvalue weighted by Crippen LogP contribution is -2.47. The van der Waals surface area contributed by atoms with Crippen molar-refractivity contribution in [3.05, 3.63) is 94.5 Å². The lowest BCUT2D eigenvalue weighted by atomic mass is 9.87. The highest BCUT2D eigenvalue weighted by molar-refractivity contribution is 6.04. The number of carbonyl (C=O) groups excluding carboxylic acids is 3. The van der Waals surface area contributed by atoms with Crippen molar-refractivity contribution in [1.82, 2.24) is 10.9 Å². The van der Waals surface area contributed by atoms with Gasteiger partial charge >= 0.3 is 0 Å². The van der Waals surface area contributed by atoms with Crippen molar-refractivity contribution in [2.45, 2.75) is 53.1 Å². The number of benzene rings is 3. The predicted octanol–water partition coefficient (Wildman–Crippen LogP) is 5.08. The van der Waals surface area contributed by atoms with E-state index in [1.165, 1.54) is 0 Å². The summed E-state index contributed by atoms with van der Waals surface area (Å²) in [5, 5.41) is 2.82. The molecule has 7 nitrogen and oxygen atoms in total. The number of aryl methyl sites for hydroxylation is 2. The molecule has 0 radical (unpaired) electrons. The van der Waals surface area contributed by atoms with Gasteiger partial charge in [-0.05, 0) is 85.3 Å². The van der Waals surface area contributed by atoms with Gasteiger partial charge in [-0.15, -0.1) is 0 Å². The van der Waals surface area contributed by atoms with Crippen molar-refractivity contribution < 1.29 is 19.1 Å². The van der Waals surface area contributed by atoms with E-state index in [0.717, 1.165) is 16.7 Å². The highest BCUT2D eigenvalue weighted by Crippen LogP contribution is 2.23. The maximum atomic E-state index is 12.6. The van der Waals surface area contributed by atoms with Gasteiger partial charge in [0, 0.05) is 16.8 Å². The summed E-state index contributed by atoms with van der Waals surface area (Å²) in [5.74, 6) is -0.590. The molecule has 1 unspecified atom stereocenters. The molecule has 3 aromatic rings. The van der Waals surface area contributed by atoms with Crippen LogP contribution in [0.4, 0.5) is 5.69 Å². The molecule has 0 fully saturated rings. The Kier molecular flexibility index (Phi) is 8.14. The zero-order valence-electron chi connectivity index (χ0n) is 21.6. The van der Waals surface area contributed by atoms with Gasteiger partial charge in [-0.2, -0.15) is 0 Å². The van der Waals surface area contributed by atoms with Gasteiger partial charge in [0.2, 0.25) is 0 Å². The third-order valence-corrected chi connectivity index (χ3v) is 5.73. The summed E-state index contributed by atoms with van der Waals surface area (Å²) in [5.41, 5.74) is 9.29. The number of nitrogens with one attached hydrogen (secondary N) is 3. The molecule has 3 N–H and O–H groups in total. The van der Waals surface area contributed by atoms with Crippen LogP contribution in [0.15, 0.2) is 66.7 Å². The number of carbonyl (C=O) groups is 3. The second-order valence-electron chi connectivity index (χ2n) is 9.83. The number of anilines is 1. The summed E-state index contributed by atoms with van der Waals surface area (Å²) in [6, 6.07) is 19.6. The topological polar surface area (TPSA) is 96.5 Å². The minimum atomic E-state index is -0.805. The third-order valence-electron chi connectivity index (χ3n) is 5.73. The number of rotatable bonds is 6. The molecule has 0 saturated carbocycles. The Balaban J connectivity index is 1.52. The molecule has 0 aliphatic heterocycles. The molecule has 0 bridgehead atoms. The van der Waals surface area contributed by atoms with E-state index in [1.807, 2.05) is 44.2 Å². The van der Waals surface area contributed by atoms with E-state index < -0.39 is 17.9 Å². The molecular formula is C29H33N3O4. The Bertz CT molecular complexity index is 1240. The molecule has 7 heteroatoms. The SMILES string of the molecule is Cc1ccc(C)c(OC(C)C(=O)NNC(=O)c2ccc(NC(=O)c3ccc(C(C)(C)C)cc3)cc2)c1. The number of hydrogen-bond donors (Lipinski definition) is 3. The van der Waals surface area contributed by atoms with Crippen LogP contribution in [0.2, 0.25) is 0 Å². The Morgan fingerprint density at radius 3 is 1.97 bits per heavy atom. The monoisotopic (exact) mass is 487 g/mol. The number of ether oxygens (including phenoxy) is 1. The van der Waals surface area contributed by atoms with Crippen LogP contribution in [0, 0.1) is 13.8 Å². The first-order valence-electron chi connectivity index (χ1n) is 11.8. The first kappa shape index (κ1) is 26.5. The maximum Gasteiger partial charge on any atom is 0.279 e. The summed E-state index contributed by atoms with van der Waals surface area (Å²) >= 11 is 0. The summed E-state index contributed by atoms with van der Waals surface area (Å²) in [4.78, 5) is 37.4. The lowest BCUT2D eigenvalue weighted by molar-refractivity contribution is -0.128. The highest BCUT2D eigenvalue weighted by atomic mass is 16.5. The molecule has 36 heavy (non-hydrogen) atoms. The maximum absolute atomic E-state index is 12.6. The summed E-state index contributed by atoms with van der Waals surface area (Å²) < 4.78 is 5.73. The minimum absolute atomic E-state index is 0.00993. The third kappa shape index (κ3) is 6.95. The normalized spacial score (nSPS) is 11.8. The van der Waals surface area contributed by atoms with E-state index in [-0.39, 0.29) is 11.3 Å². The molecule has 0 heterocycles. The largest absolute Gasteiger partial charge is 0.481 e. The lowest BCUT2D eigenvalue weighted by Gasteiger charge is -2.19. The summed E-state index contributed by atoms with van der Waals surface area (Å²) in [6.45, 7) is 11.8. The van der Waals surface area contributed by atoms with Gasteiger partial charge < -0.3 is 10.1 Å². The molecule has 188 valence electrons. The van der Waals surface area contributed by atoms with Gasteiger partial charge in [0.05, 0.1) is 0 Å². The van der Waals surface area contributed by atoms with Crippen LogP contribution in [0.5, 0.6) is 5.75 Å². The van der Waals surface area contributed by atoms with Gasteiger partial charge in [-0.25, -0.2) is 0 Å². The summed E-state index contributed by atoms with van der Waals surface area (Å²) in [6.07, 6.45) is -0.805. The Labute approximate surface area is 212 Å². The van der Waals surface area contributed by atoms with Crippen LogP contribution in [-0.4, -0.2) is 23.8 Å². The van der Waals surface area contributed by atoms with Crippen LogP contribution < -0.4 is 20.9 Å². The van der Waals surface area contributed by atoms with Crippen LogP contribution in [0.3, 0.4) is 0 Å². The van der Waals surface area contributed by atoms with E-state index in [9.17, 15) is 14.4 Å². The van der Waals surface area contributed by atoms with Crippen LogP contribution in [0.25, 0.3) is 0 Å². The van der Waals surface area contributed by atoms with Crippen molar-refractivity contribution in [2.24, 2.45) is 0 Å². The summed E-state index contributed by atoms with van der Waals surface area (Å²) in [7, 11) is 0. The smallest absolute Gasteiger partial charge is 0.279 e. The number of hydrazine groups is 1. The van der Waals surface area contributed by atoms with Gasteiger partial charge in [0.15, 0.2) is 6.10 Å². The van der Waals surface area contributed by atoms with E-state index in [4.69, 9.17) is 4.74 Å². The van der Waals surface area contributed by atoms with Gasteiger partial charge in [-0.3, -0.25) is 25.2 Å². The Hall–Kier alpha value is -4.13. The van der Waals surface area contributed by atoms with Crippen molar-refractivity contribution in [3.63, 3.8) is 0 Å². The molecule has 0 saturated heterocycles. The fourth-order valence-corrected chi connectivity index (χ4v) is 3.40. The first-order valence-corrected chi connectivity index (χ1v) is 11.8. The Morgan fingerprint density at radius 2 is 1.36 bits per heavy atom. The van der Waals surface area contributed by atoms with Crippen LogP contribution in [0.1, 0.15) is 65.1 Å². The highest BCUT2D eigenvalue weighted by Gasteiger charge is 2.17. The van der Waals surface area contributed by atoms with E-state index in [1.54, 1.807) is 43.3 Å². The second-order valence-corrected chi connectivity index (χ2v) is 9.83. The molecule has 0 spiro atoms. The van der Waals surface area contributed by atoms with E-state index in [0.29, 0.717) is 22.6 Å². The van der Waals surface area contributed by atoms with Gasteiger partial charge in [0.25, 0.3) is 17.7 Å². The zero-order chi connectivity index (χ0) is 26.5. The van der Waals surface area contributed by atoms with Crippen molar-refractivity contribution in [3.8, 4) is 5.75 Å². The van der Waals surface area contributed by atoms with Crippen molar-refractivity contribution in [2.75, 3.05) is 5.32 Å². The zero-order valence-corrected chi connectivity index (χ0v) is 21.6. The fourth-order valence-electron chi connectivity index (χ4n) is 3.40. The van der Waals surface area contributed by atoms with Gasteiger partial charge in [0.1, 0.15) is 5.75 Å². The molecule has 3 amide bonds. The first-order chi connectivity index (χ1) is 16.9. The van der Waals surface area contributed by atoms with Crippen molar-refractivity contribution in [1.29, 1.82) is 0 Å². The number of hydrogen-bond acceptors (Lipinski definition) is 4. The standard InChI is InChI=1S/C29H33N3O4/c1-18-7-8-19(2)25(17-18)36-20(3)26(33)31-32-28(35)22-11-15-24(16-12-22)30-27(34)21-9-13-23(14-10-21)29(4,5)6/h7-17,20H,1-6H3,(H,30,34)(H,31,33)(H,32,35). The molecule has 3 aromatic carbocycles.